The number of carboxylic acids is 1. The van der Waals surface area contributed by atoms with Gasteiger partial charge in [-0.3, -0.25) is 0 Å². The molecule has 82 valence electrons. The topological polar surface area (TPSA) is 53.1 Å². The molecular formula is C11H8BrNO2S. The molecule has 1 aromatic carbocycles. The molecule has 3 nitrogen and oxygen atoms in total. The third-order valence-electron chi connectivity index (χ3n) is 2.32. The predicted octanol–water partition coefficient (Wildman–Crippen LogP) is 2.93. The predicted molar refractivity (Wildman–Crippen MR) is 69.9 cm³/mol. The Bertz CT molecular complexity index is 576. The SMILES string of the molecule is O=C(O)C(=S)Cc1c[nH]c2ccc(Br)cc12. The zero-order valence-electron chi connectivity index (χ0n) is 8.16. The Morgan fingerprint density at radius 2 is 2.25 bits per heavy atom. The van der Waals surface area contributed by atoms with Crippen LogP contribution in [0.4, 0.5) is 0 Å². The zero-order valence-corrected chi connectivity index (χ0v) is 10.6. The minimum Gasteiger partial charge on any atom is -0.477 e. The van der Waals surface area contributed by atoms with Gasteiger partial charge in [0.15, 0.2) is 0 Å². The van der Waals surface area contributed by atoms with Gasteiger partial charge in [-0.2, -0.15) is 0 Å². The van der Waals surface area contributed by atoms with Crippen LogP contribution in [-0.2, 0) is 11.2 Å². The summed E-state index contributed by atoms with van der Waals surface area (Å²) in [6.07, 6.45) is 2.08. The van der Waals surface area contributed by atoms with E-state index in [1.807, 2.05) is 18.2 Å². The molecule has 0 aliphatic carbocycles. The first-order valence-electron chi connectivity index (χ1n) is 4.59. The summed E-state index contributed by atoms with van der Waals surface area (Å²) in [5.74, 6) is -1.03. The molecule has 0 amide bonds. The molecule has 2 N–H and O–H groups in total. The number of aromatic nitrogens is 1. The lowest BCUT2D eigenvalue weighted by atomic mass is 10.1. The first-order chi connectivity index (χ1) is 7.58. The van der Waals surface area contributed by atoms with Gasteiger partial charge in [-0.25, -0.2) is 4.79 Å². The van der Waals surface area contributed by atoms with E-state index in [0.29, 0.717) is 0 Å². The summed E-state index contributed by atoms with van der Waals surface area (Å²) in [6, 6.07) is 5.82. The monoisotopic (exact) mass is 297 g/mol. The third-order valence-corrected chi connectivity index (χ3v) is 3.13. The summed E-state index contributed by atoms with van der Waals surface area (Å²) >= 11 is 8.18. The van der Waals surface area contributed by atoms with E-state index < -0.39 is 5.97 Å². The van der Waals surface area contributed by atoms with Gasteiger partial charge in [0.05, 0.1) is 0 Å². The van der Waals surface area contributed by atoms with E-state index in [1.54, 1.807) is 6.20 Å². The van der Waals surface area contributed by atoms with Crippen LogP contribution in [0.1, 0.15) is 5.56 Å². The molecule has 1 aromatic heterocycles. The fraction of sp³-hybridized carbons (Fsp3) is 0.0909. The lowest BCUT2D eigenvalue weighted by Gasteiger charge is -1.98. The number of rotatable bonds is 3. The van der Waals surface area contributed by atoms with Gasteiger partial charge in [0.1, 0.15) is 4.86 Å². The molecule has 0 radical (unpaired) electrons. The number of benzene rings is 1. The maximum atomic E-state index is 10.7. The van der Waals surface area contributed by atoms with Gasteiger partial charge in [0.25, 0.3) is 0 Å². The number of aliphatic carboxylic acids is 1. The van der Waals surface area contributed by atoms with Crippen molar-refractivity contribution >= 4 is 49.9 Å². The summed E-state index contributed by atoms with van der Waals surface area (Å²) in [5, 5.41) is 9.74. The highest BCUT2D eigenvalue weighted by Gasteiger charge is 2.11. The average Bonchev–Trinajstić information content (AvgIpc) is 2.61. The average molecular weight is 298 g/mol. The van der Waals surface area contributed by atoms with Crippen LogP contribution in [0.3, 0.4) is 0 Å². The maximum Gasteiger partial charge on any atom is 0.342 e. The lowest BCUT2D eigenvalue weighted by molar-refractivity contribution is -0.129. The maximum absolute atomic E-state index is 10.7. The van der Waals surface area contributed by atoms with Crippen molar-refractivity contribution in [2.45, 2.75) is 6.42 Å². The van der Waals surface area contributed by atoms with Crippen molar-refractivity contribution in [1.29, 1.82) is 0 Å². The van der Waals surface area contributed by atoms with E-state index in [9.17, 15) is 4.79 Å². The molecule has 0 unspecified atom stereocenters. The van der Waals surface area contributed by atoms with Gasteiger partial charge >= 0.3 is 5.97 Å². The van der Waals surface area contributed by atoms with Crippen molar-refractivity contribution in [1.82, 2.24) is 4.98 Å². The number of aromatic amines is 1. The van der Waals surface area contributed by atoms with Crippen molar-refractivity contribution in [2.24, 2.45) is 0 Å². The second kappa shape index (κ2) is 4.35. The van der Waals surface area contributed by atoms with Crippen molar-refractivity contribution < 1.29 is 9.90 Å². The lowest BCUT2D eigenvalue weighted by Crippen LogP contribution is -2.12. The van der Waals surface area contributed by atoms with Crippen molar-refractivity contribution in [2.75, 3.05) is 0 Å². The number of thiocarbonyl (C=S) groups is 1. The van der Waals surface area contributed by atoms with Crippen LogP contribution in [0, 0.1) is 0 Å². The molecule has 0 atom stereocenters. The number of hydrogen-bond donors (Lipinski definition) is 2. The van der Waals surface area contributed by atoms with E-state index >= 15 is 0 Å². The Morgan fingerprint density at radius 3 is 2.94 bits per heavy atom. The molecule has 0 saturated carbocycles. The van der Waals surface area contributed by atoms with Crippen molar-refractivity contribution in [3.05, 3.63) is 34.4 Å². The van der Waals surface area contributed by atoms with Gasteiger partial charge in [-0.1, -0.05) is 28.1 Å². The summed E-state index contributed by atoms with van der Waals surface area (Å²) in [5.41, 5.74) is 1.88. The molecule has 16 heavy (non-hydrogen) atoms. The van der Waals surface area contributed by atoms with E-state index in [2.05, 4.69) is 20.9 Å². The molecule has 0 saturated heterocycles. The molecule has 0 bridgehead atoms. The molecule has 2 aromatic rings. The van der Waals surface area contributed by atoms with Crippen LogP contribution in [0.15, 0.2) is 28.9 Å². The van der Waals surface area contributed by atoms with Crippen LogP contribution >= 0.6 is 28.1 Å². The normalized spacial score (nSPS) is 10.6. The highest BCUT2D eigenvalue weighted by atomic mass is 79.9. The van der Waals surface area contributed by atoms with E-state index in [1.165, 1.54) is 0 Å². The number of fused-ring (bicyclic) bond motifs is 1. The summed E-state index contributed by atoms with van der Waals surface area (Å²) in [4.78, 5) is 13.8. The summed E-state index contributed by atoms with van der Waals surface area (Å²) < 4.78 is 0.960. The quantitative estimate of drug-likeness (QED) is 0.857. The molecule has 5 heteroatoms. The van der Waals surface area contributed by atoms with Crippen LogP contribution in [-0.4, -0.2) is 20.9 Å². The second-order valence-corrected chi connectivity index (χ2v) is 4.82. The van der Waals surface area contributed by atoms with E-state index in [0.717, 1.165) is 20.9 Å². The van der Waals surface area contributed by atoms with Gasteiger partial charge in [0.2, 0.25) is 0 Å². The Labute approximate surface area is 106 Å². The second-order valence-electron chi connectivity index (χ2n) is 3.41. The molecule has 0 fully saturated rings. The smallest absolute Gasteiger partial charge is 0.342 e. The zero-order chi connectivity index (χ0) is 11.7. The van der Waals surface area contributed by atoms with Crippen molar-refractivity contribution in [3.63, 3.8) is 0 Å². The molecule has 0 aliphatic heterocycles. The Hall–Kier alpha value is -1.20. The molecule has 0 aliphatic rings. The highest BCUT2D eigenvalue weighted by Crippen LogP contribution is 2.23. The number of hydrogen-bond acceptors (Lipinski definition) is 2. The standard InChI is InChI=1S/C11H8BrNO2S/c12-7-1-2-9-8(4-7)6(5-13-9)3-10(16)11(14)15/h1-2,4-5,13H,3H2,(H,14,15). The van der Waals surface area contributed by atoms with Crippen LogP contribution in [0.5, 0.6) is 0 Å². The summed E-state index contributed by atoms with van der Waals surface area (Å²) in [6.45, 7) is 0. The fourth-order valence-corrected chi connectivity index (χ4v) is 2.06. The first-order valence-corrected chi connectivity index (χ1v) is 5.79. The Balaban J connectivity index is 2.41. The molecule has 1 heterocycles. The minimum absolute atomic E-state index is 0.0286. The van der Waals surface area contributed by atoms with Crippen molar-refractivity contribution in [3.8, 4) is 0 Å². The number of carbonyl (C=O) groups is 1. The summed E-state index contributed by atoms with van der Waals surface area (Å²) in [7, 11) is 0. The molecule has 0 spiro atoms. The molecule has 2 rings (SSSR count). The number of nitrogens with one attached hydrogen (secondary N) is 1. The van der Waals surface area contributed by atoms with Gasteiger partial charge < -0.3 is 10.1 Å². The highest BCUT2D eigenvalue weighted by molar-refractivity contribution is 9.10. The van der Waals surface area contributed by atoms with Gasteiger partial charge in [0, 0.05) is 28.0 Å². The Morgan fingerprint density at radius 1 is 1.50 bits per heavy atom. The minimum atomic E-state index is -1.03. The van der Waals surface area contributed by atoms with E-state index in [4.69, 9.17) is 17.3 Å². The van der Waals surface area contributed by atoms with E-state index in [-0.39, 0.29) is 11.3 Å². The number of H-pyrrole nitrogens is 1. The van der Waals surface area contributed by atoms with Gasteiger partial charge in [-0.15, -0.1) is 0 Å². The van der Waals surface area contributed by atoms with Crippen LogP contribution < -0.4 is 0 Å². The fourth-order valence-electron chi connectivity index (χ4n) is 1.55. The largest absolute Gasteiger partial charge is 0.477 e. The number of halogens is 1. The Kier molecular flexibility index (Phi) is 3.07. The van der Waals surface area contributed by atoms with Gasteiger partial charge in [-0.05, 0) is 23.8 Å². The third kappa shape index (κ3) is 2.15. The first kappa shape index (κ1) is 11.3. The van der Waals surface area contributed by atoms with Crippen LogP contribution in [0.2, 0.25) is 0 Å². The number of carboxylic acid groups (broad SMARTS) is 1. The van der Waals surface area contributed by atoms with Crippen LogP contribution in [0.25, 0.3) is 10.9 Å². The molecular weight excluding hydrogens is 290 g/mol.